The summed E-state index contributed by atoms with van der Waals surface area (Å²) in [6, 6.07) is 11.9. The van der Waals surface area contributed by atoms with Crippen molar-refractivity contribution in [1.82, 2.24) is 4.90 Å². The Bertz CT molecular complexity index is 810. The van der Waals surface area contributed by atoms with Gasteiger partial charge in [0.25, 0.3) is 0 Å². The fourth-order valence-corrected chi connectivity index (χ4v) is 3.85. The lowest BCUT2D eigenvalue weighted by Gasteiger charge is -2.29. The summed E-state index contributed by atoms with van der Waals surface area (Å²) >= 11 is 0. The third-order valence-corrected chi connectivity index (χ3v) is 5.25. The zero-order valence-corrected chi connectivity index (χ0v) is 16.7. The molecule has 150 valence electrons. The first-order valence-electron chi connectivity index (χ1n) is 9.59. The summed E-state index contributed by atoms with van der Waals surface area (Å²) in [5.41, 5.74) is 1.75. The molecule has 0 aromatic heterocycles. The summed E-state index contributed by atoms with van der Waals surface area (Å²) in [5.74, 6) is 1.27. The van der Waals surface area contributed by atoms with Crippen LogP contribution in [0.4, 0.5) is 10.1 Å². The quantitative estimate of drug-likeness (QED) is 0.720. The summed E-state index contributed by atoms with van der Waals surface area (Å²) in [5, 5.41) is 0. The number of carbonyl (C=O) groups is 1. The van der Waals surface area contributed by atoms with Crippen LogP contribution in [0.2, 0.25) is 0 Å². The summed E-state index contributed by atoms with van der Waals surface area (Å²) < 4.78 is 24.1. The van der Waals surface area contributed by atoms with E-state index >= 15 is 0 Å². The van der Waals surface area contributed by atoms with Gasteiger partial charge in [0.05, 0.1) is 20.8 Å². The van der Waals surface area contributed by atoms with Crippen molar-refractivity contribution in [2.24, 2.45) is 0 Å². The number of hydrogen-bond donors (Lipinski definition) is 0. The second-order valence-electron chi connectivity index (χ2n) is 6.85. The van der Waals surface area contributed by atoms with Gasteiger partial charge in [0.2, 0.25) is 5.91 Å². The largest absolute Gasteiger partial charge is 0.497 e. The van der Waals surface area contributed by atoms with Gasteiger partial charge in [-0.05, 0) is 68.8 Å². The first-order chi connectivity index (χ1) is 13.6. The predicted octanol–water partition coefficient (Wildman–Crippen LogP) is 4.03. The molecule has 1 saturated heterocycles. The summed E-state index contributed by atoms with van der Waals surface area (Å²) in [6.07, 6.45) is 1.97. The molecule has 0 radical (unpaired) electrons. The van der Waals surface area contributed by atoms with Gasteiger partial charge >= 0.3 is 0 Å². The molecule has 28 heavy (non-hydrogen) atoms. The van der Waals surface area contributed by atoms with Crippen molar-refractivity contribution in [3.63, 3.8) is 0 Å². The Morgan fingerprint density at radius 3 is 2.57 bits per heavy atom. The van der Waals surface area contributed by atoms with Crippen molar-refractivity contribution < 1.29 is 18.7 Å². The number of methoxy groups -OCH3 is 2. The number of benzene rings is 2. The summed E-state index contributed by atoms with van der Waals surface area (Å²) in [7, 11) is 3.30. The van der Waals surface area contributed by atoms with Gasteiger partial charge in [-0.2, -0.15) is 0 Å². The van der Waals surface area contributed by atoms with Crippen LogP contribution in [0.15, 0.2) is 42.5 Å². The number of likely N-dealkylation sites (N-methyl/N-ethyl adjacent to an activating group) is 1. The molecule has 0 unspecified atom stereocenters. The van der Waals surface area contributed by atoms with Crippen LogP contribution in [-0.2, 0) is 4.79 Å². The highest BCUT2D eigenvalue weighted by atomic mass is 19.1. The van der Waals surface area contributed by atoms with Gasteiger partial charge < -0.3 is 14.4 Å². The van der Waals surface area contributed by atoms with E-state index in [0.717, 1.165) is 36.4 Å². The molecule has 6 heteroatoms. The van der Waals surface area contributed by atoms with Gasteiger partial charge in [-0.3, -0.25) is 9.69 Å². The number of rotatable bonds is 7. The van der Waals surface area contributed by atoms with Crippen molar-refractivity contribution in [2.75, 3.05) is 38.8 Å². The third kappa shape index (κ3) is 4.28. The molecule has 0 aliphatic carbocycles. The molecule has 0 bridgehead atoms. The van der Waals surface area contributed by atoms with Crippen LogP contribution < -0.4 is 14.4 Å². The Morgan fingerprint density at radius 1 is 1.18 bits per heavy atom. The highest BCUT2D eigenvalue weighted by Crippen LogP contribution is 2.38. The van der Waals surface area contributed by atoms with E-state index in [4.69, 9.17) is 9.47 Å². The van der Waals surface area contributed by atoms with Crippen LogP contribution in [0.5, 0.6) is 11.5 Å². The fourth-order valence-electron chi connectivity index (χ4n) is 3.85. The van der Waals surface area contributed by atoms with Crippen LogP contribution in [0.3, 0.4) is 0 Å². The maximum atomic E-state index is 13.2. The van der Waals surface area contributed by atoms with Crippen molar-refractivity contribution in [1.29, 1.82) is 0 Å². The van der Waals surface area contributed by atoms with E-state index in [0.29, 0.717) is 18.8 Å². The van der Waals surface area contributed by atoms with Gasteiger partial charge in [0.1, 0.15) is 17.3 Å². The minimum atomic E-state index is -0.308. The SMILES string of the molecule is CCN(C(=O)CN1CCC[C@H]1c1cc(OC)ccc1OC)c1ccc(F)cc1. The molecule has 2 aromatic rings. The van der Waals surface area contributed by atoms with Gasteiger partial charge in [-0.25, -0.2) is 4.39 Å². The maximum Gasteiger partial charge on any atom is 0.241 e. The molecule has 5 nitrogen and oxygen atoms in total. The first-order valence-corrected chi connectivity index (χ1v) is 9.59. The Balaban J connectivity index is 1.79. The van der Waals surface area contributed by atoms with E-state index in [1.165, 1.54) is 12.1 Å². The fraction of sp³-hybridized carbons (Fsp3) is 0.409. The van der Waals surface area contributed by atoms with Crippen LogP contribution in [-0.4, -0.2) is 44.7 Å². The zero-order valence-electron chi connectivity index (χ0n) is 16.7. The third-order valence-electron chi connectivity index (χ3n) is 5.25. The van der Waals surface area contributed by atoms with Crippen molar-refractivity contribution in [3.8, 4) is 11.5 Å². The van der Waals surface area contributed by atoms with E-state index in [1.807, 2.05) is 25.1 Å². The lowest BCUT2D eigenvalue weighted by Crippen LogP contribution is -2.40. The highest BCUT2D eigenvalue weighted by Gasteiger charge is 2.31. The molecule has 1 aliphatic heterocycles. The molecule has 1 heterocycles. The molecule has 0 spiro atoms. The number of hydrogen-bond acceptors (Lipinski definition) is 4. The average Bonchev–Trinajstić information content (AvgIpc) is 3.17. The van der Waals surface area contributed by atoms with Crippen LogP contribution in [0, 0.1) is 5.82 Å². The Hall–Kier alpha value is -2.60. The lowest BCUT2D eigenvalue weighted by molar-refractivity contribution is -0.119. The Morgan fingerprint density at radius 2 is 1.93 bits per heavy atom. The van der Waals surface area contributed by atoms with Crippen LogP contribution >= 0.6 is 0 Å². The van der Waals surface area contributed by atoms with Gasteiger partial charge in [-0.1, -0.05) is 0 Å². The minimum Gasteiger partial charge on any atom is -0.497 e. The molecule has 1 fully saturated rings. The highest BCUT2D eigenvalue weighted by molar-refractivity contribution is 5.94. The number of likely N-dealkylation sites (tertiary alicyclic amines) is 1. The van der Waals surface area contributed by atoms with Crippen LogP contribution in [0.1, 0.15) is 31.4 Å². The number of ether oxygens (including phenoxy) is 2. The minimum absolute atomic E-state index is 0.00266. The average molecular weight is 386 g/mol. The van der Waals surface area contributed by atoms with Crippen molar-refractivity contribution in [3.05, 3.63) is 53.8 Å². The summed E-state index contributed by atoms with van der Waals surface area (Å²) in [4.78, 5) is 16.9. The summed E-state index contributed by atoms with van der Waals surface area (Å²) in [6.45, 7) is 3.60. The van der Waals surface area contributed by atoms with Crippen molar-refractivity contribution in [2.45, 2.75) is 25.8 Å². The van der Waals surface area contributed by atoms with Crippen LogP contribution in [0.25, 0.3) is 0 Å². The predicted molar refractivity (Wildman–Crippen MR) is 108 cm³/mol. The molecular formula is C22H27FN2O3. The molecule has 0 N–H and O–H groups in total. The molecule has 3 rings (SSSR count). The number of amides is 1. The second-order valence-corrected chi connectivity index (χ2v) is 6.85. The number of nitrogens with zero attached hydrogens (tertiary/aromatic N) is 2. The Labute approximate surface area is 165 Å². The van der Waals surface area contributed by atoms with Gasteiger partial charge in [0.15, 0.2) is 0 Å². The van der Waals surface area contributed by atoms with Gasteiger partial charge in [-0.15, -0.1) is 0 Å². The molecule has 2 aromatic carbocycles. The molecule has 0 saturated carbocycles. The normalized spacial score (nSPS) is 16.8. The number of halogens is 1. The van der Waals surface area contributed by atoms with E-state index < -0.39 is 0 Å². The smallest absolute Gasteiger partial charge is 0.241 e. The second kappa shape index (κ2) is 9.06. The number of anilines is 1. The van der Waals surface area contributed by atoms with Gasteiger partial charge in [0, 0.05) is 23.8 Å². The maximum absolute atomic E-state index is 13.2. The van der Waals surface area contributed by atoms with E-state index in [9.17, 15) is 9.18 Å². The first kappa shape index (κ1) is 20.1. The van der Waals surface area contributed by atoms with E-state index in [-0.39, 0.29) is 17.8 Å². The van der Waals surface area contributed by atoms with E-state index in [1.54, 1.807) is 31.3 Å². The zero-order chi connectivity index (χ0) is 20.1. The van der Waals surface area contributed by atoms with Crippen molar-refractivity contribution >= 4 is 11.6 Å². The lowest BCUT2D eigenvalue weighted by atomic mass is 10.0. The molecule has 1 amide bonds. The topological polar surface area (TPSA) is 42.0 Å². The molecule has 1 atom stereocenters. The van der Waals surface area contributed by atoms with E-state index in [2.05, 4.69) is 4.90 Å². The standard InChI is InChI=1S/C22H27FN2O3/c1-4-25(17-9-7-16(23)8-10-17)22(26)15-24-13-5-6-20(24)19-14-18(27-2)11-12-21(19)28-3/h7-12,14,20H,4-6,13,15H2,1-3H3/t20-/m0/s1. The molecular weight excluding hydrogens is 359 g/mol. The monoisotopic (exact) mass is 386 g/mol. The molecule has 1 aliphatic rings. The Kier molecular flexibility index (Phi) is 6.52. The number of carbonyl (C=O) groups excluding carboxylic acids is 1.